The fourth-order valence-corrected chi connectivity index (χ4v) is 5.66. The van der Waals surface area contributed by atoms with Crippen LogP contribution in [0, 0.1) is 12.3 Å². The van der Waals surface area contributed by atoms with Gasteiger partial charge in [0.05, 0.1) is 29.7 Å². The number of ether oxygens (including phenoxy) is 2. The van der Waals surface area contributed by atoms with Gasteiger partial charge in [-0.1, -0.05) is 32.0 Å². The normalized spacial score (nSPS) is 18.2. The van der Waals surface area contributed by atoms with Crippen LogP contribution in [-0.2, 0) is 33.8 Å². The molecule has 1 atom stereocenters. The van der Waals surface area contributed by atoms with Crippen LogP contribution in [0.1, 0.15) is 95.5 Å². The van der Waals surface area contributed by atoms with Crippen molar-refractivity contribution in [2.24, 2.45) is 5.41 Å². The van der Waals surface area contributed by atoms with E-state index in [1.807, 2.05) is 41.5 Å². The molecule has 2 aliphatic rings. The second-order valence-electron chi connectivity index (χ2n) is 13.1. The number of fused-ring (bicyclic) bond motifs is 1. The second kappa shape index (κ2) is 11.6. The van der Waals surface area contributed by atoms with Crippen molar-refractivity contribution in [2.45, 2.75) is 106 Å². The van der Waals surface area contributed by atoms with E-state index in [0.29, 0.717) is 11.4 Å². The lowest BCUT2D eigenvalue weighted by Gasteiger charge is -2.41. The number of hydrogen-bond acceptors (Lipinski definition) is 7. The van der Waals surface area contributed by atoms with Crippen molar-refractivity contribution in [3.8, 4) is 11.1 Å². The molecule has 0 saturated carbocycles. The van der Waals surface area contributed by atoms with E-state index in [-0.39, 0.29) is 18.1 Å². The van der Waals surface area contributed by atoms with Gasteiger partial charge in [-0.25, -0.2) is 4.79 Å². The van der Waals surface area contributed by atoms with Gasteiger partial charge in [0.2, 0.25) is 0 Å². The SMILES string of the molecule is Cc1nc(CO)c(-c2ccc3c(c2)CCNC3)c(N2CCC(C)(C)CC2)c1[C@H](OC(C)(C)C)C(=O)OC(C)C. The summed E-state index contributed by atoms with van der Waals surface area (Å²) in [6.07, 6.45) is 1.78. The number of carbonyl (C=O) groups is 1. The average Bonchev–Trinajstić information content (AvgIpc) is 2.85. The molecule has 2 N–H and O–H groups in total. The quantitative estimate of drug-likeness (QED) is 0.443. The van der Waals surface area contributed by atoms with Crippen LogP contribution in [0.3, 0.4) is 0 Å². The molecular formula is C32H47N3O4. The maximum atomic E-state index is 13.7. The Bertz CT molecular complexity index is 1190. The number of anilines is 1. The van der Waals surface area contributed by atoms with Gasteiger partial charge in [0.25, 0.3) is 0 Å². The smallest absolute Gasteiger partial charge is 0.340 e. The summed E-state index contributed by atoms with van der Waals surface area (Å²) in [7, 11) is 0. The number of hydrogen-bond donors (Lipinski definition) is 2. The van der Waals surface area contributed by atoms with Crippen LogP contribution in [0.5, 0.6) is 0 Å². The van der Waals surface area contributed by atoms with Crippen molar-refractivity contribution < 1.29 is 19.4 Å². The third-order valence-electron chi connectivity index (χ3n) is 7.74. The molecule has 2 aliphatic heterocycles. The lowest BCUT2D eigenvalue weighted by atomic mass is 9.81. The molecule has 39 heavy (non-hydrogen) atoms. The Hall–Kier alpha value is -2.48. The molecule has 0 unspecified atom stereocenters. The molecule has 4 rings (SSSR count). The lowest BCUT2D eigenvalue weighted by molar-refractivity contribution is -0.171. The van der Waals surface area contributed by atoms with E-state index in [1.54, 1.807) is 0 Å². The van der Waals surface area contributed by atoms with Crippen LogP contribution >= 0.6 is 0 Å². The Balaban J connectivity index is 1.99. The minimum Gasteiger partial charge on any atom is -0.461 e. The zero-order valence-electron chi connectivity index (χ0n) is 25.1. The van der Waals surface area contributed by atoms with Crippen molar-refractivity contribution in [2.75, 3.05) is 24.5 Å². The highest BCUT2D eigenvalue weighted by Gasteiger charge is 2.38. The number of nitrogens with zero attached hydrogens (tertiary/aromatic N) is 2. The molecule has 1 aromatic carbocycles. The van der Waals surface area contributed by atoms with E-state index in [0.717, 1.165) is 67.8 Å². The Kier molecular flexibility index (Phi) is 8.74. The number of pyridine rings is 1. The molecule has 7 nitrogen and oxygen atoms in total. The average molecular weight is 538 g/mol. The fourth-order valence-electron chi connectivity index (χ4n) is 5.66. The number of rotatable bonds is 7. The highest BCUT2D eigenvalue weighted by atomic mass is 16.6. The first-order chi connectivity index (χ1) is 18.3. The number of aryl methyl sites for hydroxylation is 1. The first-order valence-corrected chi connectivity index (χ1v) is 14.4. The largest absolute Gasteiger partial charge is 0.461 e. The lowest BCUT2D eigenvalue weighted by Crippen LogP contribution is -2.39. The Morgan fingerprint density at radius 1 is 1.18 bits per heavy atom. The summed E-state index contributed by atoms with van der Waals surface area (Å²) in [6, 6.07) is 6.55. The molecule has 7 heteroatoms. The number of nitrogens with one attached hydrogen (secondary N) is 1. The summed E-state index contributed by atoms with van der Waals surface area (Å²) in [5, 5.41) is 14.0. The molecule has 0 amide bonds. The van der Waals surface area contributed by atoms with E-state index in [4.69, 9.17) is 14.5 Å². The number of esters is 1. The summed E-state index contributed by atoms with van der Waals surface area (Å²) in [5.41, 5.74) is 7.14. The Morgan fingerprint density at radius 3 is 2.49 bits per heavy atom. The molecule has 2 aromatic rings. The van der Waals surface area contributed by atoms with Crippen LogP contribution in [0.4, 0.5) is 5.69 Å². The van der Waals surface area contributed by atoms with E-state index in [9.17, 15) is 9.90 Å². The van der Waals surface area contributed by atoms with E-state index >= 15 is 0 Å². The third-order valence-corrected chi connectivity index (χ3v) is 7.74. The molecule has 0 radical (unpaired) electrons. The van der Waals surface area contributed by atoms with E-state index < -0.39 is 17.7 Å². The van der Waals surface area contributed by atoms with E-state index in [1.165, 1.54) is 11.1 Å². The van der Waals surface area contributed by atoms with Crippen LogP contribution in [0.25, 0.3) is 11.1 Å². The number of carbonyl (C=O) groups excluding carboxylic acids is 1. The topological polar surface area (TPSA) is 83.9 Å². The summed E-state index contributed by atoms with van der Waals surface area (Å²) in [5.74, 6) is -0.414. The van der Waals surface area contributed by atoms with E-state index in [2.05, 4.69) is 42.3 Å². The zero-order valence-corrected chi connectivity index (χ0v) is 25.1. The second-order valence-corrected chi connectivity index (χ2v) is 13.1. The van der Waals surface area contributed by atoms with Gasteiger partial charge in [0, 0.05) is 36.5 Å². The molecule has 1 fully saturated rings. The van der Waals surface area contributed by atoms with Gasteiger partial charge in [-0.05, 0) is 89.5 Å². The highest BCUT2D eigenvalue weighted by Crippen LogP contribution is 2.45. The summed E-state index contributed by atoms with van der Waals surface area (Å²) in [4.78, 5) is 20.9. The minimum absolute atomic E-state index is 0.192. The number of piperidine rings is 1. The van der Waals surface area contributed by atoms with Gasteiger partial charge in [-0.2, -0.15) is 0 Å². The molecule has 214 valence electrons. The van der Waals surface area contributed by atoms with Crippen molar-refractivity contribution in [1.82, 2.24) is 10.3 Å². The number of aromatic nitrogens is 1. The standard InChI is InChI=1S/C32H47N3O4/c1-20(2)38-30(37)29(39-31(4,5)6)26-21(3)34-25(19-36)27(28(26)35-15-12-32(7,8)13-16-35)23-9-10-24-18-33-14-11-22(24)17-23/h9-10,17,20,29,33,36H,11-16,18-19H2,1-8H3/t29-/m0/s1. The van der Waals surface area contributed by atoms with Gasteiger partial charge < -0.3 is 24.8 Å². The Labute approximate surface area is 234 Å². The van der Waals surface area contributed by atoms with Crippen LogP contribution in [-0.4, -0.2) is 47.4 Å². The van der Waals surface area contributed by atoms with Gasteiger partial charge >= 0.3 is 5.97 Å². The monoisotopic (exact) mass is 537 g/mol. The number of benzene rings is 1. The molecule has 1 saturated heterocycles. The first kappa shape index (κ1) is 29.5. The minimum atomic E-state index is -0.946. The van der Waals surface area contributed by atoms with Crippen LogP contribution in [0.15, 0.2) is 18.2 Å². The van der Waals surface area contributed by atoms with Gasteiger partial charge in [0.1, 0.15) is 0 Å². The molecule has 1 aromatic heterocycles. The predicted octanol–water partition coefficient (Wildman–Crippen LogP) is 5.63. The predicted molar refractivity (Wildman–Crippen MR) is 156 cm³/mol. The van der Waals surface area contributed by atoms with Crippen LogP contribution in [0.2, 0.25) is 0 Å². The molecule has 0 bridgehead atoms. The maximum Gasteiger partial charge on any atom is 0.340 e. The molecular weight excluding hydrogens is 490 g/mol. The molecule has 0 aliphatic carbocycles. The first-order valence-electron chi connectivity index (χ1n) is 14.4. The third kappa shape index (κ3) is 6.82. The number of aliphatic hydroxyl groups excluding tert-OH is 1. The summed E-state index contributed by atoms with van der Waals surface area (Å²) >= 11 is 0. The summed E-state index contributed by atoms with van der Waals surface area (Å²) in [6.45, 7) is 19.4. The van der Waals surface area contributed by atoms with Gasteiger partial charge in [-0.3, -0.25) is 4.98 Å². The van der Waals surface area contributed by atoms with Crippen molar-refractivity contribution in [3.05, 3.63) is 46.3 Å². The number of aliphatic hydroxyl groups is 1. The van der Waals surface area contributed by atoms with Crippen molar-refractivity contribution in [3.63, 3.8) is 0 Å². The maximum absolute atomic E-state index is 13.7. The Morgan fingerprint density at radius 2 is 1.87 bits per heavy atom. The zero-order chi connectivity index (χ0) is 28.5. The van der Waals surface area contributed by atoms with Gasteiger partial charge in [-0.15, -0.1) is 0 Å². The highest BCUT2D eigenvalue weighted by molar-refractivity contribution is 5.88. The van der Waals surface area contributed by atoms with Gasteiger partial charge in [0.15, 0.2) is 6.10 Å². The molecule has 0 spiro atoms. The fraction of sp³-hybridized carbons (Fsp3) is 0.625. The summed E-state index contributed by atoms with van der Waals surface area (Å²) < 4.78 is 12.2. The van der Waals surface area contributed by atoms with Crippen LogP contribution < -0.4 is 10.2 Å². The molecule has 3 heterocycles. The van der Waals surface area contributed by atoms with Crippen molar-refractivity contribution in [1.29, 1.82) is 0 Å². The van der Waals surface area contributed by atoms with Crippen molar-refractivity contribution >= 4 is 11.7 Å².